The Balaban J connectivity index is 1.24. The molecule has 8 aromatic carbocycles. The Morgan fingerprint density at radius 1 is 0.414 bits per heavy atom. The molecule has 0 saturated carbocycles. The zero-order valence-corrected chi connectivity index (χ0v) is 32.4. The van der Waals surface area contributed by atoms with Gasteiger partial charge in [0.1, 0.15) is 0 Å². The van der Waals surface area contributed by atoms with E-state index in [9.17, 15) is 0 Å². The maximum absolute atomic E-state index is 16.6. The number of rotatable bonds is 4. The van der Waals surface area contributed by atoms with E-state index in [4.69, 9.17) is 4.98 Å². The Labute approximate surface area is 336 Å². The first-order valence-electron chi connectivity index (χ1n) is 19.8. The smallest absolute Gasteiger partial charge is 0.171 e. The van der Waals surface area contributed by atoms with Crippen molar-refractivity contribution in [1.29, 1.82) is 0 Å². The summed E-state index contributed by atoms with van der Waals surface area (Å²) >= 11 is 0. The third kappa shape index (κ3) is 4.45. The van der Waals surface area contributed by atoms with Crippen molar-refractivity contribution in [2.45, 2.75) is 5.41 Å². The molecule has 2 aliphatic heterocycles. The van der Waals surface area contributed by atoms with E-state index in [1.54, 1.807) is 0 Å². The second-order valence-corrected chi connectivity index (χ2v) is 18.1. The molecule has 272 valence electrons. The van der Waals surface area contributed by atoms with E-state index in [2.05, 4.69) is 180 Å². The van der Waals surface area contributed by atoms with Crippen LogP contribution in [-0.2, 0) is 9.98 Å². The third-order valence-electron chi connectivity index (χ3n) is 12.5. The zero-order valence-electron chi connectivity index (χ0n) is 31.5. The Hall–Kier alpha value is -7.06. The molecule has 10 aromatic rings. The second kappa shape index (κ2) is 12.5. The number of hydrogen-bond donors (Lipinski definition) is 0. The Kier molecular flexibility index (Phi) is 7.12. The molecule has 0 saturated heterocycles. The maximum Gasteiger partial charge on any atom is 0.171 e. The third-order valence-corrected chi connectivity index (χ3v) is 15.6. The molecule has 0 amide bonds. The van der Waals surface area contributed by atoms with Crippen LogP contribution in [0.25, 0.3) is 61.1 Å². The molecule has 2 atom stereocenters. The van der Waals surface area contributed by atoms with Gasteiger partial charge in [0, 0.05) is 37.8 Å². The number of para-hydroxylation sites is 3. The van der Waals surface area contributed by atoms with Crippen molar-refractivity contribution in [3.63, 3.8) is 0 Å². The van der Waals surface area contributed by atoms with Crippen LogP contribution in [0.4, 0.5) is 0 Å². The number of aromatic nitrogens is 2. The van der Waals surface area contributed by atoms with E-state index < -0.39 is 12.6 Å². The summed E-state index contributed by atoms with van der Waals surface area (Å²) in [5.74, 6) is 0. The number of pyridine rings is 1. The second-order valence-electron chi connectivity index (χ2n) is 15.4. The van der Waals surface area contributed by atoms with Gasteiger partial charge in [-0.2, -0.15) is 0 Å². The average Bonchev–Trinajstić information content (AvgIpc) is 3.65. The number of nitrogens with zero attached hydrogens (tertiary/aromatic N) is 2. The van der Waals surface area contributed by atoms with Gasteiger partial charge in [-0.3, -0.25) is 0 Å². The molecule has 2 aliphatic rings. The Bertz CT molecular complexity index is 3260. The van der Waals surface area contributed by atoms with Gasteiger partial charge in [-0.15, -0.1) is 0 Å². The van der Waals surface area contributed by atoms with Gasteiger partial charge in [-0.1, -0.05) is 176 Å². The highest BCUT2D eigenvalue weighted by Crippen LogP contribution is 2.61. The molecule has 0 aliphatic carbocycles. The van der Waals surface area contributed by atoms with E-state index in [-0.39, 0.29) is 0 Å². The van der Waals surface area contributed by atoms with E-state index in [0.29, 0.717) is 0 Å². The summed E-state index contributed by atoms with van der Waals surface area (Å²) in [4.78, 5) is 5.40. The molecule has 3 nitrogen and oxygen atoms in total. The van der Waals surface area contributed by atoms with Gasteiger partial charge >= 0.3 is 0 Å². The number of fused-ring (bicyclic) bond motifs is 11. The normalized spacial score (nSPS) is 17.5. The van der Waals surface area contributed by atoms with Crippen LogP contribution in [0.15, 0.2) is 212 Å². The molecule has 0 fully saturated rings. The predicted molar refractivity (Wildman–Crippen MR) is 240 cm³/mol. The lowest BCUT2D eigenvalue weighted by molar-refractivity contribution is 0.590. The lowest BCUT2D eigenvalue weighted by Crippen LogP contribution is -2.48. The molecular weight excluding hydrogens is 724 g/mol. The lowest BCUT2D eigenvalue weighted by Gasteiger charge is -2.47. The topological polar surface area (TPSA) is 34.9 Å². The number of benzene rings is 8. The van der Waals surface area contributed by atoms with Crippen molar-refractivity contribution in [3.8, 4) is 39.3 Å². The molecule has 0 radical (unpaired) electrons. The van der Waals surface area contributed by atoms with Gasteiger partial charge in [0.15, 0.2) is 7.14 Å². The van der Waals surface area contributed by atoms with Crippen molar-refractivity contribution in [2.75, 3.05) is 0 Å². The van der Waals surface area contributed by atoms with E-state index in [1.165, 1.54) is 27.4 Å². The van der Waals surface area contributed by atoms with Crippen molar-refractivity contribution in [2.24, 2.45) is 0 Å². The van der Waals surface area contributed by atoms with Gasteiger partial charge in [0.25, 0.3) is 0 Å². The SMILES string of the molecule is O=P1(c2ccccc2)c2ccccc2C2(c3ccccc3-n3c4ccccc4c4cccc2c43)c2cc(-c3cc(-c4ccccc4)cc(-c4ccccc4)n3)ccc21. The highest BCUT2D eigenvalue weighted by molar-refractivity contribution is 7.85. The maximum atomic E-state index is 16.6. The van der Waals surface area contributed by atoms with Crippen LogP contribution in [0, 0.1) is 0 Å². The highest BCUT2D eigenvalue weighted by Gasteiger charge is 2.54. The summed E-state index contributed by atoms with van der Waals surface area (Å²) in [7, 11) is -3.39. The molecule has 2 unspecified atom stereocenters. The predicted octanol–water partition coefficient (Wildman–Crippen LogP) is 11.8. The minimum Gasteiger partial charge on any atom is -0.309 e. The summed E-state index contributed by atoms with van der Waals surface area (Å²) in [6.07, 6.45) is 0. The minimum atomic E-state index is -3.39. The van der Waals surface area contributed by atoms with Crippen molar-refractivity contribution in [3.05, 3.63) is 235 Å². The highest BCUT2D eigenvalue weighted by atomic mass is 31.2. The van der Waals surface area contributed by atoms with Crippen LogP contribution in [-0.4, -0.2) is 9.55 Å². The molecule has 58 heavy (non-hydrogen) atoms. The van der Waals surface area contributed by atoms with Gasteiger partial charge in [-0.05, 0) is 69.8 Å². The molecule has 0 bridgehead atoms. The van der Waals surface area contributed by atoms with Gasteiger partial charge in [-0.25, -0.2) is 4.98 Å². The molecule has 12 rings (SSSR count). The summed E-state index contributed by atoms with van der Waals surface area (Å²) in [5.41, 5.74) is 13.1. The van der Waals surface area contributed by atoms with E-state index in [1.807, 2.05) is 36.4 Å². The van der Waals surface area contributed by atoms with Crippen molar-refractivity contribution >= 4 is 44.9 Å². The molecular formula is C54H35N2OP. The molecule has 4 heterocycles. The minimum absolute atomic E-state index is 0.801. The van der Waals surface area contributed by atoms with Gasteiger partial charge in [0.05, 0.1) is 33.5 Å². The monoisotopic (exact) mass is 758 g/mol. The van der Waals surface area contributed by atoms with Crippen LogP contribution < -0.4 is 15.9 Å². The molecule has 1 spiro atoms. The summed E-state index contributed by atoms with van der Waals surface area (Å²) in [6.45, 7) is 0. The van der Waals surface area contributed by atoms with E-state index in [0.717, 1.165) is 71.9 Å². The zero-order chi connectivity index (χ0) is 38.4. The first-order valence-corrected chi connectivity index (χ1v) is 21.5. The Morgan fingerprint density at radius 3 is 1.79 bits per heavy atom. The van der Waals surface area contributed by atoms with E-state index >= 15 is 4.57 Å². The summed E-state index contributed by atoms with van der Waals surface area (Å²) in [5, 5.41) is 5.00. The average molecular weight is 759 g/mol. The van der Waals surface area contributed by atoms with Crippen molar-refractivity contribution < 1.29 is 4.57 Å². The van der Waals surface area contributed by atoms with Gasteiger partial charge in [0.2, 0.25) is 0 Å². The lowest BCUT2D eigenvalue weighted by atomic mass is 9.62. The first kappa shape index (κ1) is 33.1. The molecule has 0 N–H and O–H groups in total. The summed E-state index contributed by atoms with van der Waals surface area (Å²) < 4.78 is 19.0. The van der Waals surface area contributed by atoms with Crippen LogP contribution in [0.1, 0.15) is 22.3 Å². The fourth-order valence-electron chi connectivity index (χ4n) is 10.0. The first-order chi connectivity index (χ1) is 28.7. The number of hydrogen-bond acceptors (Lipinski definition) is 2. The fourth-order valence-corrected chi connectivity index (χ4v) is 13.2. The standard InChI is InChI=1S/C54H35N2OP/c57-58(40-21-8-3-9-22-40)51-30-15-12-26-44(51)54(43-25-11-14-29-50(43)56-49-28-13-10-23-41(49)42-24-16-27-45(54)53(42)56)46-33-38(31-32-52(46)58)48-35-39(36-17-4-1-5-18-36)34-47(55-48)37-19-6-2-7-20-37/h1-35H. The quantitative estimate of drug-likeness (QED) is 0.168. The summed E-state index contributed by atoms with van der Waals surface area (Å²) in [6, 6.07) is 74.9. The Morgan fingerprint density at radius 2 is 1.00 bits per heavy atom. The van der Waals surface area contributed by atoms with Crippen LogP contribution >= 0.6 is 7.14 Å². The van der Waals surface area contributed by atoms with Gasteiger partial charge < -0.3 is 9.13 Å². The largest absolute Gasteiger partial charge is 0.309 e. The fraction of sp³-hybridized carbons (Fsp3) is 0.0185. The molecule has 2 aromatic heterocycles. The molecule has 4 heteroatoms. The van der Waals surface area contributed by atoms with Crippen LogP contribution in [0.3, 0.4) is 0 Å². The van der Waals surface area contributed by atoms with Crippen LogP contribution in [0.2, 0.25) is 0 Å². The van der Waals surface area contributed by atoms with Crippen LogP contribution in [0.5, 0.6) is 0 Å². The van der Waals surface area contributed by atoms with Crippen molar-refractivity contribution in [1.82, 2.24) is 9.55 Å².